The average molecular weight is 759 g/mol. The lowest BCUT2D eigenvalue weighted by molar-refractivity contribution is -0.138. The third-order valence-corrected chi connectivity index (χ3v) is 10.2. The number of hydrogen-bond donors (Lipinski definition) is 6. The Morgan fingerprint density at radius 1 is 0.574 bits per heavy atom. The van der Waals surface area contributed by atoms with Crippen LogP contribution in [-0.2, 0) is 42.7 Å². The van der Waals surface area contributed by atoms with E-state index in [-0.39, 0.29) is 36.9 Å². The highest BCUT2D eigenvalue weighted by molar-refractivity contribution is 5.67. The molecule has 0 aliphatic heterocycles. The smallest absolute Gasteiger partial charge is 0.303 e. The van der Waals surface area contributed by atoms with Gasteiger partial charge in [0.25, 0.3) is 0 Å². The molecule has 2 aliphatic rings. The van der Waals surface area contributed by atoms with Gasteiger partial charge in [-0.2, -0.15) is 0 Å². The molecule has 0 bridgehead atoms. The van der Waals surface area contributed by atoms with Gasteiger partial charge in [-0.3, -0.25) is 9.59 Å². The van der Waals surface area contributed by atoms with Gasteiger partial charge in [0.1, 0.15) is 11.5 Å². The minimum atomic E-state index is -0.774. The molecule has 2 saturated carbocycles. The molecule has 2 aromatic rings. The van der Waals surface area contributed by atoms with Crippen LogP contribution in [0.4, 0.5) is 0 Å². The molecule has 2 aliphatic carbocycles. The lowest BCUT2D eigenvalue weighted by Gasteiger charge is -2.28. The standard InChI is InChI=1S/2C19H28O3.C6H14O4/c2*1-19(2,3)16-12-13(9-10-17(20)21)11-15(18(16)22)14-7-5-4-6-8-14;7-1-3-9-5-6-10-4-2-8/h2*11-12,14,22H,4-10H2,1-3H3,(H,20,21);7-8H,1-6H2. The monoisotopic (exact) mass is 758 g/mol. The molecule has 2 fully saturated rings. The summed E-state index contributed by atoms with van der Waals surface area (Å²) in [6, 6.07) is 8.07. The van der Waals surface area contributed by atoms with Crippen LogP contribution >= 0.6 is 0 Å². The molecule has 0 atom stereocenters. The molecule has 2 aromatic carbocycles. The number of aliphatic hydroxyl groups is 2. The molecule has 4 rings (SSSR count). The van der Waals surface area contributed by atoms with Gasteiger partial charge in [0.05, 0.1) is 39.6 Å². The second-order valence-electron chi connectivity index (χ2n) is 16.8. The number of aliphatic hydroxyl groups excluding tert-OH is 2. The molecule has 306 valence electrons. The van der Waals surface area contributed by atoms with E-state index in [9.17, 15) is 19.8 Å². The van der Waals surface area contributed by atoms with E-state index in [1.165, 1.54) is 38.5 Å². The summed E-state index contributed by atoms with van der Waals surface area (Å²) in [6.07, 6.45) is 13.3. The largest absolute Gasteiger partial charge is 0.507 e. The van der Waals surface area contributed by atoms with E-state index in [0.717, 1.165) is 59.1 Å². The van der Waals surface area contributed by atoms with E-state index in [2.05, 4.69) is 41.5 Å². The fourth-order valence-electron chi connectivity index (χ4n) is 7.27. The third kappa shape index (κ3) is 16.7. The van der Waals surface area contributed by atoms with Gasteiger partial charge in [-0.15, -0.1) is 0 Å². The van der Waals surface area contributed by atoms with Gasteiger partial charge in [0.15, 0.2) is 0 Å². The van der Waals surface area contributed by atoms with E-state index < -0.39 is 11.9 Å². The highest BCUT2D eigenvalue weighted by Crippen LogP contribution is 2.44. The first kappa shape index (κ1) is 47.0. The van der Waals surface area contributed by atoms with Crippen molar-refractivity contribution in [2.45, 2.75) is 154 Å². The van der Waals surface area contributed by atoms with Gasteiger partial charge < -0.3 is 40.1 Å². The van der Waals surface area contributed by atoms with E-state index in [0.29, 0.717) is 62.6 Å². The Labute approximate surface area is 323 Å². The van der Waals surface area contributed by atoms with Crippen molar-refractivity contribution >= 4 is 11.9 Å². The number of aliphatic carboxylic acids is 2. The van der Waals surface area contributed by atoms with Crippen LogP contribution < -0.4 is 0 Å². The summed E-state index contributed by atoms with van der Waals surface area (Å²) in [6.45, 7) is 14.3. The molecule has 0 amide bonds. The number of benzene rings is 2. The van der Waals surface area contributed by atoms with E-state index in [4.69, 9.17) is 29.9 Å². The maximum absolute atomic E-state index is 10.9. The minimum absolute atomic E-state index is 0.0417. The number of phenolic OH excluding ortho intramolecular Hbond substituents is 2. The van der Waals surface area contributed by atoms with Crippen LogP contribution in [-0.4, -0.2) is 82.2 Å². The lowest BCUT2D eigenvalue weighted by atomic mass is 9.78. The molecule has 0 spiro atoms. The van der Waals surface area contributed by atoms with Crippen molar-refractivity contribution in [3.8, 4) is 11.5 Å². The summed E-state index contributed by atoms with van der Waals surface area (Å²) >= 11 is 0. The maximum Gasteiger partial charge on any atom is 0.303 e. The molecule has 6 N–H and O–H groups in total. The van der Waals surface area contributed by atoms with Crippen molar-refractivity contribution in [2.24, 2.45) is 0 Å². The first-order valence-electron chi connectivity index (χ1n) is 20.0. The second-order valence-corrected chi connectivity index (χ2v) is 16.8. The number of rotatable bonds is 15. The fourth-order valence-corrected chi connectivity index (χ4v) is 7.27. The zero-order valence-corrected chi connectivity index (χ0v) is 33.9. The van der Waals surface area contributed by atoms with Crippen molar-refractivity contribution < 1.29 is 49.7 Å². The molecule has 0 aromatic heterocycles. The van der Waals surface area contributed by atoms with Crippen molar-refractivity contribution in [1.82, 2.24) is 0 Å². The fraction of sp³-hybridized carbons (Fsp3) is 0.682. The van der Waals surface area contributed by atoms with Gasteiger partial charge in [0.2, 0.25) is 0 Å². The maximum atomic E-state index is 10.9. The van der Waals surface area contributed by atoms with Crippen molar-refractivity contribution in [1.29, 1.82) is 0 Å². The van der Waals surface area contributed by atoms with Crippen LogP contribution in [0.25, 0.3) is 0 Å². The summed E-state index contributed by atoms with van der Waals surface area (Å²) in [5, 5.41) is 55.9. The molecular weight excluding hydrogens is 688 g/mol. The highest BCUT2D eigenvalue weighted by Gasteiger charge is 2.27. The Bertz CT molecular complexity index is 1300. The molecule has 54 heavy (non-hydrogen) atoms. The van der Waals surface area contributed by atoms with Gasteiger partial charge >= 0.3 is 11.9 Å². The molecular formula is C44H70O10. The van der Waals surface area contributed by atoms with Crippen molar-refractivity contribution in [3.05, 3.63) is 57.6 Å². The normalized spacial score (nSPS) is 15.5. The Balaban J connectivity index is 0.000000301. The molecule has 10 heteroatoms. The van der Waals surface area contributed by atoms with Crippen LogP contribution in [0.5, 0.6) is 11.5 Å². The SMILES string of the molecule is CC(C)(C)c1cc(CCC(=O)O)cc(C2CCCCC2)c1O.CC(C)(C)c1cc(CCC(=O)O)cc(C2CCCCC2)c1O.OCCOCCOCCO. The molecule has 0 radical (unpaired) electrons. The molecule has 10 nitrogen and oxygen atoms in total. The van der Waals surface area contributed by atoms with Gasteiger partial charge in [-0.05, 0) is 94.6 Å². The number of carboxylic acids is 2. The summed E-state index contributed by atoms with van der Waals surface area (Å²) in [7, 11) is 0. The Kier molecular flexibility index (Phi) is 20.6. The number of ether oxygens (including phenoxy) is 2. The van der Waals surface area contributed by atoms with Crippen LogP contribution in [0.1, 0.15) is 164 Å². The molecule has 0 heterocycles. The highest BCUT2D eigenvalue weighted by atomic mass is 16.5. The first-order valence-corrected chi connectivity index (χ1v) is 20.0. The second kappa shape index (κ2) is 23.7. The van der Waals surface area contributed by atoms with Crippen LogP contribution in [0.3, 0.4) is 0 Å². The van der Waals surface area contributed by atoms with Crippen LogP contribution in [0, 0.1) is 0 Å². The summed E-state index contributed by atoms with van der Waals surface area (Å²) in [5.41, 5.74) is 5.72. The van der Waals surface area contributed by atoms with Crippen LogP contribution in [0.15, 0.2) is 24.3 Å². The summed E-state index contributed by atoms with van der Waals surface area (Å²) in [4.78, 5) is 21.7. The molecule has 0 unspecified atom stereocenters. The number of hydrogen-bond acceptors (Lipinski definition) is 8. The summed E-state index contributed by atoms with van der Waals surface area (Å²) in [5.74, 6) is 0.144. The number of aryl methyl sites for hydroxylation is 2. The topological polar surface area (TPSA) is 174 Å². The minimum Gasteiger partial charge on any atom is -0.507 e. The van der Waals surface area contributed by atoms with Gasteiger partial charge in [-0.1, -0.05) is 104 Å². The predicted octanol–water partition coefficient (Wildman–Crippen LogP) is 8.51. The van der Waals surface area contributed by atoms with Crippen molar-refractivity contribution in [3.63, 3.8) is 0 Å². The predicted molar refractivity (Wildman–Crippen MR) is 213 cm³/mol. The van der Waals surface area contributed by atoms with Crippen LogP contribution in [0.2, 0.25) is 0 Å². The molecule has 0 saturated heterocycles. The lowest BCUT2D eigenvalue weighted by Crippen LogP contribution is -2.15. The zero-order chi connectivity index (χ0) is 40.3. The van der Waals surface area contributed by atoms with Gasteiger partial charge in [0, 0.05) is 12.8 Å². The van der Waals surface area contributed by atoms with Gasteiger partial charge in [-0.25, -0.2) is 0 Å². The van der Waals surface area contributed by atoms with E-state index >= 15 is 0 Å². The number of carboxylic acid groups (broad SMARTS) is 2. The quantitative estimate of drug-likeness (QED) is 0.0967. The Morgan fingerprint density at radius 3 is 1.19 bits per heavy atom. The average Bonchev–Trinajstić information content (AvgIpc) is 3.12. The number of carbonyl (C=O) groups is 2. The Morgan fingerprint density at radius 2 is 0.907 bits per heavy atom. The first-order chi connectivity index (χ1) is 25.5. The van der Waals surface area contributed by atoms with E-state index in [1.807, 2.05) is 24.3 Å². The zero-order valence-electron chi connectivity index (χ0n) is 33.9. The Hall–Kier alpha value is -3.18. The summed E-state index contributed by atoms with van der Waals surface area (Å²) < 4.78 is 9.75. The van der Waals surface area contributed by atoms with Crippen molar-refractivity contribution in [2.75, 3.05) is 39.6 Å². The van der Waals surface area contributed by atoms with E-state index in [1.54, 1.807) is 0 Å². The number of phenols is 2. The third-order valence-electron chi connectivity index (χ3n) is 10.2. The number of aromatic hydroxyl groups is 2.